The molecule has 4 aromatic rings. The number of aryl methyl sites for hydroxylation is 3. The van der Waals surface area contributed by atoms with Crippen LogP contribution in [-0.2, 0) is 25.9 Å². The van der Waals surface area contributed by atoms with Gasteiger partial charge in [-0.1, -0.05) is 12.1 Å². The van der Waals surface area contributed by atoms with E-state index in [1.54, 1.807) is 77.3 Å². The maximum absolute atomic E-state index is 13.1. The van der Waals surface area contributed by atoms with Crippen molar-refractivity contribution in [1.29, 1.82) is 5.41 Å². The summed E-state index contributed by atoms with van der Waals surface area (Å²) in [6, 6.07) is 12.4. The van der Waals surface area contributed by atoms with Crippen LogP contribution in [-0.4, -0.2) is 61.3 Å². The molecule has 47 heavy (non-hydrogen) atoms. The van der Waals surface area contributed by atoms with Crippen LogP contribution in [0.5, 0.6) is 0 Å². The van der Waals surface area contributed by atoms with Crippen LogP contribution in [0.2, 0.25) is 0 Å². The molecule has 0 unspecified atom stereocenters. The van der Waals surface area contributed by atoms with Crippen molar-refractivity contribution >= 4 is 76.0 Å². The van der Waals surface area contributed by atoms with Crippen molar-refractivity contribution in [3.05, 3.63) is 89.8 Å². The highest BCUT2D eigenvalue weighted by Gasteiger charge is 2.19. The number of amidine groups is 1. The molecule has 4 rings (SSSR count). The molecule has 246 valence electrons. The van der Waals surface area contributed by atoms with Crippen LogP contribution in [0.3, 0.4) is 0 Å². The first-order chi connectivity index (χ1) is 22.4. The Bertz CT molecular complexity index is 1820. The molecule has 0 bridgehead atoms. The van der Waals surface area contributed by atoms with Crippen molar-refractivity contribution in [2.24, 2.45) is 26.9 Å². The maximum Gasteiger partial charge on any atom is 0.272 e. The Morgan fingerprint density at radius 2 is 1.30 bits per heavy atom. The van der Waals surface area contributed by atoms with Gasteiger partial charge in [0, 0.05) is 75.3 Å². The lowest BCUT2D eigenvalue weighted by Crippen LogP contribution is -2.28. The highest BCUT2D eigenvalue weighted by atomic mass is 35.5. The molecule has 0 saturated carbocycles. The quantitative estimate of drug-likeness (QED) is 0.0382. The first kappa shape index (κ1) is 34.7. The van der Waals surface area contributed by atoms with Crippen LogP contribution in [0, 0.1) is 5.41 Å². The van der Waals surface area contributed by atoms with Gasteiger partial charge in [-0.25, -0.2) is 0 Å². The summed E-state index contributed by atoms with van der Waals surface area (Å²) in [4.78, 5) is 52.2. The Labute approximate surface area is 281 Å². The molecule has 0 aliphatic carbocycles. The zero-order valence-corrected chi connectivity index (χ0v) is 27.7. The molecule has 0 aliphatic heterocycles. The van der Waals surface area contributed by atoms with E-state index >= 15 is 0 Å². The van der Waals surface area contributed by atoms with E-state index in [4.69, 9.17) is 22.7 Å². The van der Waals surface area contributed by atoms with Crippen LogP contribution in [0.25, 0.3) is 6.08 Å². The van der Waals surface area contributed by atoms with E-state index in [1.165, 1.54) is 18.2 Å². The molecular formula is C32H36ClN9O4S. The number of carbonyl (C=O) groups is 4. The normalized spacial score (nSPS) is 11.0. The number of anilines is 3. The smallest absolute Gasteiger partial charge is 0.272 e. The second kappa shape index (κ2) is 15.9. The fourth-order valence-electron chi connectivity index (χ4n) is 4.55. The van der Waals surface area contributed by atoms with Gasteiger partial charge in [0.15, 0.2) is 0 Å². The third-order valence-corrected chi connectivity index (χ3v) is 8.26. The lowest BCUT2D eigenvalue weighted by Gasteiger charge is -2.04. The summed E-state index contributed by atoms with van der Waals surface area (Å²) in [5, 5.41) is 18.3. The molecule has 0 saturated heterocycles. The molecule has 13 nitrogen and oxygen atoms in total. The minimum atomic E-state index is -0.444. The molecule has 0 spiro atoms. The summed E-state index contributed by atoms with van der Waals surface area (Å²) < 4.78 is 4.73. The predicted molar refractivity (Wildman–Crippen MR) is 187 cm³/mol. The minimum absolute atomic E-state index is 0.0271. The zero-order chi connectivity index (χ0) is 34.1. The molecule has 0 fully saturated rings. The van der Waals surface area contributed by atoms with Crippen LogP contribution < -0.4 is 27.0 Å². The molecule has 3 aromatic heterocycles. The van der Waals surface area contributed by atoms with Gasteiger partial charge in [-0.15, -0.1) is 23.4 Å². The number of rotatable bonds is 14. The third kappa shape index (κ3) is 9.64. The summed E-state index contributed by atoms with van der Waals surface area (Å²) in [5.74, 6) is -0.213. The second-order valence-corrected chi connectivity index (χ2v) is 12.1. The number of thioether (sulfide) groups is 1. The van der Waals surface area contributed by atoms with Crippen LogP contribution in [0.15, 0.2) is 72.0 Å². The fraction of sp³-hybridized carbons (Fsp3) is 0.219. The lowest BCUT2D eigenvalue weighted by molar-refractivity contribution is -0.111. The molecule has 4 amide bonds. The van der Waals surface area contributed by atoms with E-state index in [0.717, 1.165) is 16.2 Å². The van der Waals surface area contributed by atoms with Crippen molar-refractivity contribution in [3.63, 3.8) is 0 Å². The van der Waals surface area contributed by atoms with Gasteiger partial charge in [-0.2, -0.15) is 0 Å². The highest BCUT2D eigenvalue weighted by Crippen LogP contribution is 2.21. The summed E-state index contributed by atoms with van der Waals surface area (Å²) in [7, 11) is 5.03. The molecule has 3 heterocycles. The van der Waals surface area contributed by atoms with E-state index < -0.39 is 11.8 Å². The number of hydrogen-bond acceptors (Lipinski definition) is 6. The van der Waals surface area contributed by atoms with Gasteiger partial charge < -0.3 is 40.7 Å². The van der Waals surface area contributed by atoms with Gasteiger partial charge in [-0.05, 0) is 42.0 Å². The van der Waals surface area contributed by atoms with Gasteiger partial charge >= 0.3 is 0 Å². The first-order valence-corrected chi connectivity index (χ1v) is 16.0. The standard InChI is InChI=1S/C32H36ClN9O4S/c1-40-18-22(15-25(40)30(44)36-12-10-28(34)35)38-32(46)27-16-23(19-42(27)3)39-31(45)26-14-21(17-41(26)2)37-29(43)9-6-20-4-7-24(8-5-20)47-13-11-33/h4-9,14-19H,10-13H2,1-3H3,(H3,34,35)(H,36,44)(H,37,43)(H,38,46)(H,39,45)/b9-6+. The molecular weight excluding hydrogens is 642 g/mol. The number of nitrogens with one attached hydrogen (secondary N) is 5. The molecule has 15 heteroatoms. The number of hydrogen-bond donors (Lipinski definition) is 6. The number of amides is 4. The maximum atomic E-state index is 13.1. The number of nitrogens with zero attached hydrogens (tertiary/aromatic N) is 3. The Hall–Kier alpha value is -5.21. The van der Waals surface area contributed by atoms with Gasteiger partial charge in [-0.3, -0.25) is 24.6 Å². The van der Waals surface area contributed by atoms with E-state index in [2.05, 4.69) is 21.3 Å². The van der Waals surface area contributed by atoms with Crippen molar-refractivity contribution in [3.8, 4) is 0 Å². The molecule has 0 aliphatic rings. The number of alkyl halides is 1. The third-order valence-electron chi connectivity index (χ3n) is 6.83. The Kier molecular flexibility index (Phi) is 11.7. The topological polar surface area (TPSA) is 181 Å². The number of halogens is 1. The van der Waals surface area contributed by atoms with E-state index in [0.29, 0.717) is 34.3 Å². The summed E-state index contributed by atoms with van der Waals surface area (Å²) in [6.45, 7) is 0.223. The second-order valence-electron chi connectivity index (χ2n) is 10.5. The van der Waals surface area contributed by atoms with E-state index in [-0.39, 0.29) is 36.3 Å². The number of aromatic nitrogens is 3. The average Bonchev–Trinajstić information content (AvgIpc) is 3.70. The predicted octanol–water partition coefficient (Wildman–Crippen LogP) is 4.25. The van der Waals surface area contributed by atoms with Gasteiger partial charge in [0.1, 0.15) is 17.1 Å². The fourth-order valence-corrected chi connectivity index (χ4v) is 5.43. The highest BCUT2D eigenvalue weighted by molar-refractivity contribution is 7.99. The molecule has 0 radical (unpaired) electrons. The summed E-state index contributed by atoms with van der Waals surface area (Å²) in [6.07, 6.45) is 8.20. The Morgan fingerprint density at radius 3 is 1.79 bits per heavy atom. The van der Waals surface area contributed by atoms with Crippen LogP contribution in [0.1, 0.15) is 43.4 Å². The first-order valence-electron chi connectivity index (χ1n) is 14.4. The Balaban J connectivity index is 1.33. The lowest BCUT2D eigenvalue weighted by atomic mass is 10.2. The van der Waals surface area contributed by atoms with E-state index in [1.807, 2.05) is 24.3 Å². The SMILES string of the molecule is Cn1cc(NC(=O)c2cc(NC(=O)c3cc(NC(=O)/C=C/c4ccc(SCCCl)cc4)cn3C)cn2C)cc1C(=O)NCCC(=N)N. The zero-order valence-electron chi connectivity index (χ0n) is 26.1. The summed E-state index contributed by atoms with van der Waals surface area (Å²) in [5.41, 5.74) is 8.33. The average molecular weight is 678 g/mol. The van der Waals surface area contributed by atoms with Crippen molar-refractivity contribution < 1.29 is 19.2 Å². The number of nitrogens with two attached hydrogens (primary N) is 1. The Morgan fingerprint density at radius 1 is 0.809 bits per heavy atom. The van der Waals surface area contributed by atoms with Gasteiger partial charge in [0.2, 0.25) is 5.91 Å². The molecule has 7 N–H and O–H groups in total. The van der Waals surface area contributed by atoms with Crippen molar-refractivity contribution in [2.75, 3.05) is 34.1 Å². The monoisotopic (exact) mass is 677 g/mol. The number of carbonyl (C=O) groups excluding carboxylic acids is 4. The minimum Gasteiger partial charge on any atom is -0.388 e. The molecule has 1 aromatic carbocycles. The van der Waals surface area contributed by atoms with Gasteiger partial charge in [0.05, 0.1) is 22.9 Å². The van der Waals surface area contributed by atoms with Crippen LogP contribution >= 0.6 is 23.4 Å². The number of benzene rings is 1. The summed E-state index contributed by atoms with van der Waals surface area (Å²) >= 11 is 7.40. The van der Waals surface area contributed by atoms with Crippen LogP contribution in [0.4, 0.5) is 17.1 Å². The van der Waals surface area contributed by atoms with Crippen molar-refractivity contribution in [1.82, 2.24) is 19.0 Å². The van der Waals surface area contributed by atoms with E-state index in [9.17, 15) is 19.2 Å². The largest absolute Gasteiger partial charge is 0.388 e. The van der Waals surface area contributed by atoms with Crippen molar-refractivity contribution in [2.45, 2.75) is 11.3 Å². The van der Waals surface area contributed by atoms with Gasteiger partial charge in [0.25, 0.3) is 17.7 Å². The molecule has 0 atom stereocenters.